The quantitative estimate of drug-likeness (QED) is 0.481. The summed E-state index contributed by atoms with van der Waals surface area (Å²) in [6.45, 7) is 7.81. The molecule has 0 spiro atoms. The number of hydrogen-bond donors (Lipinski definition) is 0. The second-order valence-corrected chi connectivity index (χ2v) is 0.781. The van der Waals surface area contributed by atoms with Crippen LogP contribution in [0.5, 0.6) is 0 Å². The molecule has 0 aliphatic heterocycles. The zero-order chi connectivity index (χ0) is 6.12. The predicted molar refractivity (Wildman–Crippen MR) is 38.0 cm³/mol. The van der Waals surface area contributed by atoms with Crippen molar-refractivity contribution in [3.8, 4) is 0 Å². The molecule has 2 heteroatoms. The van der Waals surface area contributed by atoms with Gasteiger partial charge in [0.25, 0.3) is 0 Å². The average molecular weight is 120 g/mol. The van der Waals surface area contributed by atoms with Crippen molar-refractivity contribution in [2.75, 3.05) is 13.2 Å². The van der Waals surface area contributed by atoms with Gasteiger partial charge in [-0.25, -0.2) is 0 Å². The van der Waals surface area contributed by atoms with Crippen LogP contribution in [0.1, 0.15) is 13.8 Å². The smallest absolute Gasteiger partial charge is 0.0437 e. The SMILES string of the molecule is CCOCC.C[SiH3]. The standard InChI is InChI=1S/C4H10O.CH6Si/c1-3-5-4-2;1-2/h3-4H2,1-2H3;1-2H3. The summed E-state index contributed by atoms with van der Waals surface area (Å²) >= 11 is 0. The van der Waals surface area contributed by atoms with Gasteiger partial charge in [0.1, 0.15) is 0 Å². The van der Waals surface area contributed by atoms with Crippen LogP contribution in [0.15, 0.2) is 0 Å². The lowest BCUT2D eigenvalue weighted by Gasteiger charge is -1.86. The Labute approximate surface area is 49.5 Å². The molecule has 0 aromatic carbocycles. The van der Waals surface area contributed by atoms with E-state index in [1.807, 2.05) is 13.8 Å². The first kappa shape index (κ1) is 10.2. The molecule has 0 radical (unpaired) electrons. The highest BCUT2D eigenvalue weighted by Gasteiger charge is 1.64. The Morgan fingerprint density at radius 1 is 1.14 bits per heavy atom. The van der Waals surface area contributed by atoms with Crippen LogP contribution in [-0.4, -0.2) is 23.5 Å². The average Bonchev–Trinajstić information content (AvgIpc) is 1.75. The molecular formula is C5H16OSi. The fourth-order valence-electron chi connectivity index (χ4n) is 0.204. The van der Waals surface area contributed by atoms with Crippen LogP contribution in [0.3, 0.4) is 0 Å². The van der Waals surface area contributed by atoms with Crippen LogP contribution in [0.4, 0.5) is 0 Å². The van der Waals surface area contributed by atoms with E-state index in [1.54, 1.807) is 0 Å². The Morgan fingerprint density at radius 3 is 1.43 bits per heavy atom. The van der Waals surface area contributed by atoms with Gasteiger partial charge in [-0.1, -0.05) is 6.55 Å². The highest BCUT2D eigenvalue weighted by molar-refractivity contribution is 6.05. The summed E-state index contributed by atoms with van der Waals surface area (Å²) in [5.41, 5.74) is 0. The minimum absolute atomic E-state index is 0.844. The van der Waals surface area contributed by atoms with E-state index in [4.69, 9.17) is 4.74 Å². The number of ether oxygens (including phenoxy) is 1. The molecule has 0 amide bonds. The van der Waals surface area contributed by atoms with Crippen molar-refractivity contribution >= 4 is 10.2 Å². The Balaban J connectivity index is 0. The van der Waals surface area contributed by atoms with Gasteiger partial charge >= 0.3 is 0 Å². The lowest BCUT2D eigenvalue weighted by atomic mass is 10.8. The van der Waals surface area contributed by atoms with Gasteiger partial charge in [-0.15, -0.1) is 0 Å². The van der Waals surface area contributed by atoms with Crippen LogP contribution in [0, 0.1) is 0 Å². The first-order chi connectivity index (χ1) is 3.41. The molecule has 0 aromatic rings. The molecule has 7 heavy (non-hydrogen) atoms. The van der Waals surface area contributed by atoms with E-state index < -0.39 is 0 Å². The van der Waals surface area contributed by atoms with Gasteiger partial charge in [0.05, 0.1) is 0 Å². The van der Waals surface area contributed by atoms with E-state index in [2.05, 4.69) is 6.55 Å². The molecule has 0 aliphatic carbocycles. The van der Waals surface area contributed by atoms with Crippen molar-refractivity contribution in [2.24, 2.45) is 0 Å². The summed E-state index contributed by atoms with van der Waals surface area (Å²) in [5, 5.41) is 0. The molecule has 0 saturated heterocycles. The van der Waals surface area contributed by atoms with Crippen LogP contribution in [0.25, 0.3) is 0 Å². The maximum Gasteiger partial charge on any atom is 0.0437 e. The molecule has 0 bridgehead atoms. The Bertz CT molecular complexity index is 15.6. The van der Waals surface area contributed by atoms with Gasteiger partial charge in [0, 0.05) is 13.2 Å². The van der Waals surface area contributed by atoms with Gasteiger partial charge in [-0.05, 0) is 24.1 Å². The zero-order valence-electron chi connectivity index (χ0n) is 5.82. The fourth-order valence-corrected chi connectivity index (χ4v) is 0.204. The molecule has 0 aliphatic rings. The Morgan fingerprint density at radius 2 is 1.43 bits per heavy atom. The highest BCUT2D eigenvalue weighted by Crippen LogP contribution is 1.64. The summed E-state index contributed by atoms with van der Waals surface area (Å²) in [6, 6.07) is 0. The van der Waals surface area contributed by atoms with Gasteiger partial charge in [-0.2, -0.15) is 0 Å². The zero-order valence-corrected chi connectivity index (χ0v) is 7.82. The molecule has 0 aromatic heterocycles. The third kappa shape index (κ3) is 22.7. The van der Waals surface area contributed by atoms with Crippen LogP contribution in [0.2, 0.25) is 6.55 Å². The Hall–Kier alpha value is 0.177. The van der Waals surface area contributed by atoms with Crippen molar-refractivity contribution in [3.63, 3.8) is 0 Å². The molecule has 0 saturated carbocycles. The summed E-state index contributed by atoms with van der Waals surface area (Å²) in [4.78, 5) is 0. The van der Waals surface area contributed by atoms with Gasteiger partial charge in [0.2, 0.25) is 0 Å². The van der Waals surface area contributed by atoms with Crippen molar-refractivity contribution in [2.45, 2.75) is 20.4 Å². The highest BCUT2D eigenvalue weighted by atomic mass is 28.1. The Kier molecular flexibility index (Phi) is 23.9. The second-order valence-electron chi connectivity index (χ2n) is 0.781. The number of rotatable bonds is 2. The van der Waals surface area contributed by atoms with E-state index in [-0.39, 0.29) is 0 Å². The largest absolute Gasteiger partial charge is 0.382 e. The van der Waals surface area contributed by atoms with Crippen LogP contribution < -0.4 is 0 Å². The first-order valence-corrected chi connectivity index (χ1v) is 4.99. The van der Waals surface area contributed by atoms with E-state index >= 15 is 0 Å². The molecule has 0 atom stereocenters. The summed E-state index contributed by atoms with van der Waals surface area (Å²) in [6.07, 6.45) is 0. The van der Waals surface area contributed by atoms with E-state index in [1.165, 1.54) is 10.2 Å². The third-order valence-corrected chi connectivity index (χ3v) is 0.408. The van der Waals surface area contributed by atoms with Gasteiger partial charge < -0.3 is 4.74 Å². The molecule has 0 N–H and O–H groups in total. The van der Waals surface area contributed by atoms with Crippen LogP contribution >= 0.6 is 0 Å². The van der Waals surface area contributed by atoms with E-state index in [0.29, 0.717) is 0 Å². The minimum atomic E-state index is 0.844. The predicted octanol–water partition coefficient (Wildman–Crippen LogP) is 0.443. The molecule has 0 unspecified atom stereocenters. The van der Waals surface area contributed by atoms with Crippen molar-refractivity contribution < 1.29 is 4.74 Å². The minimum Gasteiger partial charge on any atom is -0.382 e. The number of hydrogen-bond acceptors (Lipinski definition) is 1. The van der Waals surface area contributed by atoms with Gasteiger partial charge in [0.15, 0.2) is 0 Å². The summed E-state index contributed by atoms with van der Waals surface area (Å²) in [7, 11) is 1.31. The maximum absolute atomic E-state index is 4.83. The molecule has 0 fully saturated rings. The lowest BCUT2D eigenvalue weighted by molar-refractivity contribution is 0.162. The maximum atomic E-state index is 4.83. The molecule has 46 valence electrons. The topological polar surface area (TPSA) is 9.23 Å². The first-order valence-electron chi connectivity index (χ1n) is 2.99. The molecular weight excluding hydrogens is 104 g/mol. The van der Waals surface area contributed by atoms with E-state index in [0.717, 1.165) is 13.2 Å². The summed E-state index contributed by atoms with van der Waals surface area (Å²) < 4.78 is 4.83. The van der Waals surface area contributed by atoms with Crippen LogP contribution in [-0.2, 0) is 4.74 Å². The third-order valence-electron chi connectivity index (χ3n) is 0.408. The lowest BCUT2D eigenvalue weighted by Crippen LogP contribution is -1.84. The van der Waals surface area contributed by atoms with Crippen molar-refractivity contribution in [3.05, 3.63) is 0 Å². The molecule has 0 rings (SSSR count). The molecule has 0 heterocycles. The normalized spacial score (nSPS) is 7.29. The fraction of sp³-hybridized carbons (Fsp3) is 1.00. The summed E-state index contributed by atoms with van der Waals surface area (Å²) in [5.74, 6) is 0. The van der Waals surface area contributed by atoms with Crippen molar-refractivity contribution in [1.82, 2.24) is 0 Å². The second kappa shape index (κ2) is 16.4. The van der Waals surface area contributed by atoms with Gasteiger partial charge in [-0.3, -0.25) is 0 Å². The van der Waals surface area contributed by atoms with Crippen molar-refractivity contribution in [1.29, 1.82) is 0 Å². The monoisotopic (exact) mass is 120 g/mol. The molecule has 1 nitrogen and oxygen atoms in total. The van der Waals surface area contributed by atoms with E-state index in [9.17, 15) is 0 Å².